The number of ether oxygens (including phenoxy) is 2. The van der Waals surface area contributed by atoms with E-state index in [1.54, 1.807) is 4.90 Å². The Balaban J connectivity index is 1.06. The number of alkyl carbamates (subject to hydrolysis) is 2. The van der Waals surface area contributed by atoms with E-state index in [2.05, 4.69) is 20.6 Å². The molecule has 0 spiro atoms. The van der Waals surface area contributed by atoms with Crippen molar-refractivity contribution >= 4 is 46.1 Å². The van der Waals surface area contributed by atoms with Crippen molar-refractivity contribution < 1.29 is 28.7 Å². The minimum Gasteiger partial charge on any atom is -0.453 e. The summed E-state index contributed by atoms with van der Waals surface area (Å²) in [5, 5.41) is 5.40. The topological polar surface area (TPSA) is 188 Å². The Kier molecular flexibility index (Phi) is 10.9. The Labute approximate surface area is 324 Å². The summed E-state index contributed by atoms with van der Waals surface area (Å²) in [6.07, 6.45) is 3.80. The number of aromatic amines is 2. The van der Waals surface area contributed by atoms with Gasteiger partial charge in [-0.15, -0.1) is 0 Å². The molecule has 15 heteroatoms. The number of benzene rings is 2. The van der Waals surface area contributed by atoms with Gasteiger partial charge in [-0.25, -0.2) is 19.6 Å². The fourth-order valence-electron chi connectivity index (χ4n) is 7.83. The lowest BCUT2D eigenvalue weighted by atomic mass is 10.0. The number of likely N-dealkylation sites (tertiary alicyclic amines) is 2. The zero-order valence-electron chi connectivity index (χ0n) is 32.6. The number of aromatic nitrogens is 5. The normalized spacial score (nSPS) is 18.1. The van der Waals surface area contributed by atoms with Crippen LogP contribution in [0.5, 0.6) is 0 Å². The number of carbonyl (C=O) groups excluding carboxylic acids is 4. The first kappa shape index (κ1) is 38.3. The summed E-state index contributed by atoms with van der Waals surface area (Å²) in [6.45, 7) is 8.76. The Morgan fingerprint density at radius 3 is 1.75 bits per heavy atom. The molecule has 4 amide bonds. The van der Waals surface area contributed by atoms with Crippen LogP contribution in [0.1, 0.15) is 77.1 Å². The number of methoxy groups -OCH3 is 2. The van der Waals surface area contributed by atoms with Gasteiger partial charge in [-0.1, -0.05) is 45.9 Å². The van der Waals surface area contributed by atoms with Gasteiger partial charge in [0.05, 0.1) is 54.1 Å². The maximum absolute atomic E-state index is 13.6. The minimum absolute atomic E-state index is 0.114. The molecule has 7 rings (SSSR count). The SMILES string of the molecule is COC(=O)NC(C(=O)N1CCC[C@H]1c1nc2ccc(-c3ccc(-c4ccc5[nH]c([C@@H]6CCCN6C(=O)[C@@H](NC(=O)OC)C(C)C)nc5c4)cn3)cc2[nH]1)C(C)C. The van der Waals surface area contributed by atoms with E-state index in [1.165, 1.54) is 14.2 Å². The van der Waals surface area contributed by atoms with E-state index in [4.69, 9.17) is 24.4 Å². The van der Waals surface area contributed by atoms with Crippen molar-refractivity contribution in [3.63, 3.8) is 0 Å². The summed E-state index contributed by atoms with van der Waals surface area (Å²) in [4.78, 5) is 76.3. The third kappa shape index (κ3) is 7.62. The number of hydrogen-bond donors (Lipinski definition) is 4. The van der Waals surface area contributed by atoms with Gasteiger partial charge in [0.15, 0.2) is 0 Å². The largest absolute Gasteiger partial charge is 0.453 e. The molecule has 0 bridgehead atoms. The molecule has 4 N–H and O–H groups in total. The van der Waals surface area contributed by atoms with Gasteiger partial charge in [0.2, 0.25) is 11.8 Å². The highest BCUT2D eigenvalue weighted by Crippen LogP contribution is 2.35. The molecule has 5 heterocycles. The van der Waals surface area contributed by atoms with Crippen molar-refractivity contribution in [1.29, 1.82) is 0 Å². The van der Waals surface area contributed by atoms with Gasteiger partial charge in [0, 0.05) is 30.4 Å². The molecule has 2 aliphatic heterocycles. The first-order valence-electron chi connectivity index (χ1n) is 19.2. The average molecular weight is 764 g/mol. The first-order valence-corrected chi connectivity index (χ1v) is 19.2. The van der Waals surface area contributed by atoms with Crippen LogP contribution in [0, 0.1) is 11.8 Å². The van der Waals surface area contributed by atoms with Crippen LogP contribution >= 0.6 is 0 Å². The number of nitrogens with one attached hydrogen (secondary N) is 4. The lowest BCUT2D eigenvalue weighted by Gasteiger charge is -2.29. The van der Waals surface area contributed by atoms with E-state index >= 15 is 0 Å². The van der Waals surface area contributed by atoms with Crippen LogP contribution in [0.15, 0.2) is 54.7 Å². The fourth-order valence-corrected chi connectivity index (χ4v) is 7.83. The maximum atomic E-state index is 13.6. The van der Waals surface area contributed by atoms with E-state index in [9.17, 15) is 19.2 Å². The molecule has 2 aromatic carbocycles. The maximum Gasteiger partial charge on any atom is 0.407 e. The molecule has 3 aromatic heterocycles. The third-order valence-electron chi connectivity index (χ3n) is 10.9. The first-order chi connectivity index (χ1) is 26.9. The quantitative estimate of drug-likeness (QED) is 0.127. The third-order valence-corrected chi connectivity index (χ3v) is 10.9. The smallest absolute Gasteiger partial charge is 0.407 e. The summed E-state index contributed by atoms with van der Waals surface area (Å²) in [7, 11) is 2.57. The summed E-state index contributed by atoms with van der Waals surface area (Å²) in [5.41, 5.74) is 6.91. The van der Waals surface area contributed by atoms with Gasteiger partial charge in [-0.05, 0) is 73.4 Å². The van der Waals surface area contributed by atoms with E-state index in [-0.39, 0.29) is 35.7 Å². The summed E-state index contributed by atoms with van der Waals surface area (Å²) >= 11 is 0. The second-order valence-corrected chi connectivity index (χ2v) is 15.2. The van der Waals surface area contributed by atoms with Crippen LogP contribution in [0.4, 0.5) is 9.59 Å². The van der Waals surface area contributed by atoms with Gasteiger partial charge in [0.25, 0.3) is 0 Å². The molecule has 1 unspecified atom stereocenters. The summed E-state index contributed by atoms with van der Waals surface area (Å²) in [6, 6.07) is 14.2. The van der Waals surface area contributed by atoms with Crippen LogP contribution in [0.25, 0.3) is 44.5 Å². The predicted octanol–water partition coefficient (Wildman–Crippen LogP) is 6.26. The number of hydrogen-bond acceptors (Lipinski definition) is 9. The average Bonchev–Trinajstić information content (AvgIpc) is 4.03. The van der Waals surface area contributed by atoms with E-state index in [1.807, 2.05) is 87.3 Å². The number of fused-ring (bicyclic) bond motifs is 2. The van der Waals surface area contributed by atoms with Crippen molar-refractivity contribution in [3.05, 3.63) is 66.4 Å². The van der Waals surface area contributed by atoms with Crippen molar-refractivity contribution in [2.24, 2.45) is 11.8 Å². The predicted molar refractivity (Wildman–Crippen MR) is 210 cm³/mol. The zero-order chi connectivity index (χ0) is 39.7. The number of rotatable bonds is 10. The molecule has 2 aliphatic rings. The van der Waals surface area contributed by atoms with Gasteiger partial charge in [-0.2, -0.15) is 0 Å². The second kappa shape index (κ2) is 16.0. The zero-order valence-corrected chi connectivity index (χ0v) is 32.6. The Hall–Kier alpha value is -5.99. The molecule has 294 valence electrons. The number of carbonyl (C=O) groups is 4. The number of amides is 4. The molecule has 0 saturated carbocycles. The van der Waals surface area contributed by atoms with E-state index in [0.717, 1.165) is 76.0 Å². The number of H-pyrrole nitrogens is 2. The molecule has 0 radical (unpaired) electrons. The van der Waals surface area contributed by atoms with Gasteiger partial charge >= 0.3 is 12.2 Å². The highest BCUT2D eigenvalue weighted by atomic mass is 16.5. The Morgan fingerprint density at radius 2 is 1.21 bits per heavy atom. The van der Waals surface area contributed by atoms with Crippen LogP contribution in [0.2, 0.25) is 0 Å². The highest BCUT2D eigenvalue weighted by Gasteiger charge is 2.39. The molecule has 2 fully saturated rings. The summed E-state index contributed by atoms with van der Waals surface area (Å²) in [5.74, 6) is 0.908. The number of nitrogens with zero attached hydrogens (tertiary/aromatic N) is 5. The second-order valence-electron chi connectivity index (χ2n) is 15.2. The molecule has 2 saturated heterocycles. The lowest BCUT2D eigenvalue weighted by molar-refractivity contribution is -0.136. The van der Waals surface area contributed by atoms with E-state index in [0.29, 0.717) is 18.9 Å². The van der Waals surface area contributed by atoms with Crippen molar-refractivity contribution in [3.8, 4) is 22.4 Å². The van der Waals surface area contributed by atoms with Crippen molar-refractivity contribution in [2.75, 3.05) is 27.3 Å². The van der Waals surface area contributed by atoms with Gasteiger partial charge in [0.1, 0.15) is 23.7 Å². The monoisotopic (exact) mass is 763 g/mol. The molecule has 15 nitrogen and oxygen atoms in total. The molecular formula is C41H49N9O6. The van der Waals surface area contributed by atoms with Gasteiger partial charge in [-0.3, -0.25) is 14.6 Å². The van der Waals surface area contributed by atoms with Crippen LogP contribution in [0.3, 0.4) is 0 Å². The number of pyridine rings is 1. The molecule has 4 atom stereocenters. The molecule has 5 aromatic rings. The molecule has 56 heavy (non-hydrogen) atoms. The number of imidazole rings is 2. The van der Waals surface area contributed by atoms with Crippen molar-refractivity contribution in [1.82, 2.24) is 45.4 Å². The minimum atomic E-state index is -0.700. The van der Waals surface area contributed by atoms with Crippen LogP contribution in [-0.4, -0.2) is 98.1 Å². The molecule has 0 aliphatic carbocycles. The van der Waals surface area contributed by atoms with Gasteiger partial charge < -0.3 is 39.9 Å². The fraction of sp³-hybridized carbons (Fsp3) is 0.439. The van der Waals surface area contributed by atoms with Crippen LogP contribution in [-0.2, 0) is 19.1 Å². The lowest BCUT2D eigenvalue weighted by Crippen LogP contribution is -2.51. The van der Waals surface area contributed by atoms with Crippen molar-refractivity contribution in [2.45, 2.75) is 77.5 Å². The Morgan fingerprint density at radius 1 is 0.679 bits per heavy atom. The highest BCUT2D eigenvalue weighted by molar-refractivity contribution is 5.88. The van der Waals surface area contributed by atoms with E-state index < -0.39 is 24.3 Å². The van der Waals surface area contributed by atoms with Crippen LogP contribution < -0.4 is 10.6 Å². The summed E-state index contributed by atoms with van der Waals surface area (Å²) < 4.78 is 9.53. The standard InChI is InChI=1S/C41H49N9O6/c1-22(2)34(47-40(53)55-5)38(51)49-17-7-9-32(49)36-43-28-15-11-24(19-30(28)45-36)26-13-14-27(42-21-26)25-12-16-29-31(20-25)46-37(44-29)33-10-8-18-50(33)39(52)35(23(3)4)48-41(54)56-6/h11-16,19-23,32-35H,7-10,17-18H2,1-6H3,(H,43,45)(H,44,46)(H,47,53)(H,48,54)/t32-,33-,34-,35?/m0/s1. The Bertz CT molecular complexity index is 2090. The molecular weight excluding hydrogens is 715 g/mol.